The molecule has 0 unspecified atom stereocenters. The molecule has 6 nitrogen and oxygen atoms in total. The van der Waals surface area contributed by atoms with Crippen LogP contribution in [0.15, 0.2) is 54.6 Å². The third kappa shape index (κ3) is 3.26. The molecule has 2 N–H and O–H groups in total. The van der Waals surface area contributed by atoms with Gasteiger partial charge in [-0.2, -0.15) is 0 Å². The molecule has 2 aromatic carbocycles. The van der Waals surface area contributed by atoms with Crippen LogP contribution < -0.4 is 10.6 Å². The Kier molecular flexibility index (Phi) is 4.86. The molecule has 144 valence electrons. The first kappa shape index (κ1) is 18.2. The molecule has 1 aliphatic carbocycles. The maximum absolute atomic E-state index is 13.1. The smallest absolute Gasteiger partial charge is 0.325 e. The molecule has 1 spiro atoms. The van der Waals surface area contributed by atoms with Gasteiger partial charge in [0.15, 0.2) is 0 Å². The largest absolute Gasteiger partial charge is 0.354 e. The Bertz CT molecular complexity index is 912. The number of hydrogen-bond acceptors (Lipinski definition) is 3. The summed E-state index contributed by atoms with van der Waals surface area (Å²) in [5.74, 6) is -0.663. The van der Waals surface area contributed by atoms with Gasteiger partial charge in [0.2, 0.25) is 5.91 Å². The number of amides is 4. The fourth-order valence-corrected chi connectivity index (χ4v) is 4.15. The number of aryl methyl sites for hydroxylation is 1. The van der Waals surface area contributed by atoms with Crippen molar-refractivity contribution < 1.29 is 14.4 Å². The van der Waals surface area contributed by atoms with Crippen LogP contribution in [0, 0.1) is 0 Å². The number of nitrogens with zero attached hydrogens (tertiary/aromatic N) is 1. The lowest BCUT2D eigenvalue weighted by Crippen LogP contribution is -2.47. The highest BCUT2D eigenvalue weighted by Crippen LogP contribution is 2.39. The van der Waals surface area contributed by atoms with Crippen LogP contribution in [0.3, 0.4) is 0 Å². The Labute approximate surface area is 163 Å². The summed E-state index contributed by atoms with van der Waals surface area (Å²) in [6, 6.07) is 17.0. The summed E-state index contributed by atoms with van der Waals surface area (Å²) in [5.41, 5.74) is 2.02. The average Bonchev–Trinajstić information content (AvgIpc) is 2.94. The highest BCUT2D eigenvalue weighted by atomic mass is 16.2. The molecule has 0 saturated carbocycles. The Morgan fingerprint density at radius 3 is 2.64 bits per heavy atom. The number of carbonyl (C=O) groups excluding carboxylic acids is 3. The summed E-state index contributed by atoms with van der Waals surface area (Å²) >= 11 is 0. The van der Waals surface area contributed by atoms with Crippen LogP contribution in [0.1, 0.15) is 29.5 Å². The minimum atomic E-state index is -1.03. The van der Waals surface area contributed by atoms with Crippen molar-refractivity contribution >= 4 is 17.8 Å². The van der Waals surface area contributed by atoms with E-state index in [0.717, 1.165) is 34.4 Å². The molecule has 4 amide bonds. The van der Waals surface area contributed by atoms with Gasteiger partial charge in [-0.1, -0.05) is 54.6 Å². The standard InChI is InChI=1S/C22H23N3O3/c26-19(23-14-12-16-7-2-1-3-8-16)15-25-20(27)22(24-21(25)28)13-6-10-17-9-4-5-11-18(17)22/h1-5,7-9,11H,6,10,12-15H2,(H,23,26)(H,24,28)/t22-/m0/s1. The Hall–Kier alpha value is -3.15. The first-order chi connectivity index (χ1) is 13.6. The third-order valence-corrected chi connectivity index (χ3v) is 5.53. The summed E-state index contributed by atoms with van der Waals surface area (Å²) in [4.78, 5) is 39.0. The quantitative estimate of drug-likeness (QED) is 0.784. The van der Waals surface area contributed by atoms with Crippen LogP contribution >= 0.6 is 0 Å². The van der Waals surface area contributed by atoms with E-state index < -0.39 is 11.6 Å². The first-order valence-corrected chi connectivity index (χ1v) is 9.63. The second-order valence-corrected chi connectivity index (χ2v) is 7.32. The van der Waals surface area contributed by atoms with Crippen LogP contribution in [0.5, 0.6) is 0 Å². The van der Waals surface area contributed by atoms with Crippen molar-refractivity contribution in [3.05, 3.63) is 71.3 Å². The molecule has 2 aromatic rings. The summed E-state index contributed by atoms with van der Waals surface area (Å²) < 4.78 is 0. The van der Waals surface area contributed by atoms with E-state index in [1.807, 2.05) is 54.6 Å². The lowest BCUT2D eigenvalue weighted by atomic mass is 9.76. The fourth-order valence-electron chi connectivity index (χ4n) is 4.15. The first-order valence-electron chi connectivity index (χ1n) is 9.63. The van der Waals surface area contributed by atoms with Gasteiger partial charge in [0.05, 0.1) is 0 Å². The van der Waals surface area contributed by atoms with Crippen molar-refractivity contribution in [3.63, 3.8) is 0 Å². The molecule has 0 radical (unpaired) electrons. The molecule has 4 rings (SSSR count). The second kappa shape index (κ2) is 7.46. The zero-order valence-corrected chi connectivity index (χ0v) is 15.6. The molecule has 28 heavy (non-hydrogen) atoms. The number of imide groups is 1. The molecule has 2 aliphatic rings. The third-order valence-electron chi connectivity index (χ3n) is 5.53. The number of fused-ring (bicyclic) bond motifs is 2. The molecular weight excluding hydrogens is 354 g/mol. The topological polar surface area (TPSA) is 78.5 Å². The van der Waals surface area contributed by atoms with Crippen molar-refractivity contribution in [1.82, 2.24) is 15.5 Å². The molecule has 1 heterocycles. The minimum absolute atomic E-state index is 0.261. The van der Waals surface area contributed by atoms with Gasteiger partial charge in [0.25, 0.3) is 5.91 Å². The van der Waals surface area contributed by atoms with E-state index in [9.17, 15) is 14.4 Å². The van der Waals surface area contributed by atoms with E-state index >= 15 is 0 Å². The molecule has 0 bridgehead atoms. The maximum atomic E-state index is 13.1. The predicted octanol–water partition coefficient (Wildman–Crippen LogP) is 2.13. The van der Waals surface area contributed by atoms with E-state index in [4.69, 9.17) is 0 Å². The number of rotatable bonds is 5. The molecular formula is C22H23N3O3. The van der Waals surface area contributed by atoms with E-state index in [2.05, 4.69) is 10.6 Å². The summed E-state index contributed by atoms with van der Waals surface area (Å²) in [7, 11) is 0. The van der Waals surface area contributed by atoms with Gasteiger partial charge in [0.1, 0.15) is 12.1 Å². The fraction of sp³-hybridized carbons (Fsp3) is 0.318. The van der Waals surface area contributed by atoms with Crippen molar-refractivity contribution in [2.45, 2.75) is 31.2 Å². The lowest BCUT2D eigenvalue weighted by molar-refractivity contribution is -0.135. The molecule has 1 aliphatic heterocycles. The monoisotopic (exact) mass is 377 g/mol. The highest BCUT2D eigenvalue weighted by Gasteiger charge is 2.54. The van der Waals surface area contributed by atoms with Gasteiger partial charge in [-0.3, -0.25) is 14.5 Å². The van der Waals surface area contributed by atoms with Gasteiger partial charge < -0.3 is 10.6 Å². The Morgan fingerprint density at radius 2 is 1.82 bits per heavy atom. The van der Waals surface area contributed by atoms with E-state index in [0.29, 0.717) is 19.4 Å². The SMILES string of the molecule is O=C(CN1C(=O)N[C@]2(CCCc3ccccc32)C1=O)NCCc1ccccc1. The molecule has 1 atom stereocenters. The lowest BCUT2D eigenvalue weighted by Gasteiger charge is -2.33. The van der Waals surface area contributed by atoms with Crippen LogP contribution in [0.2, 0.25) is 0 Å². The predicted molar refractivity (Wildman–Crippen MR) is 104 cm³/mol. The zero-order valence-electron chi connectivity index (χ0n) is 15.6. The number of benzene rings is 2. The molecule has 6 heteroatoms. The number of nitrogens with one attached hydrogen (secondary N) is 2. The van der Waals surface area contributed by atoms with Gasteiger partial charge in [-0.05, 0) is 42.4 Å². The number of hydrogen-bond donors (Lipinski definition) is 2. The molecule has 0 aromatic heterocycles. The molecule has 1 fully saturated rings. The highest BCUT2D eigenvalue weighted by molar-refractivity contribution is 6.09. The van der Waals surface area contributed by atoms with Crippen molar-refractivity contribution in [2.75, 3.05) is 13.1 Å². The summed E-state index contributed by atoms with van der Waals surface area (Å²) in [6.45, 7) is 0.198. The van der Waals surface area contributed by atoms with Crippen molar-refractivity contribution in [1.29, 1.82) is 0 Å². The summed E-state index contributed by atoms with van der Waals surface area (Å²) in [6.07, 6.45) is 2.96. The normalized spacial score (nSPS) is 20.8. The van der Waals surface area contributed by atoms with Crippen LogP contribution in [0.4, 0.5) is 4.79 Å². The number of urea groups is 1. The number of carbonyl (C=O) groups is 3. The van der Waals surface area contributed by atoms with Gasteiger partial charge in [-0.25, -0.2) is 4.79 Å². The Balaban J connectivity index is 1.42. The summed E-state index contributed by atoms with van der Waals surface area (Å²) in [5, 5.41) is 5.67. The maximum Gasteiger partial charge on any atom is 0.325 e. The van der Waals surface area contributed by atoms with E-state index in [1.165, 1.54) is 0 Å². The van der Waals surface area contributed by atoms with E-state index in [1.54, 1.807) is 0 Å². The average molecular weight is 377 g/mol. The zero-order chi connectivity index (χ0) is 19.6. The minimum Gasteiger partial charge on any atom is -0.354 e. The van der Waals surface area contributed by atoms with Gasteiger partial charge >= 0.3 is 6.03 Å². The molecule has 1 saturated heterocycles. The van der Waals surface area contributed by atoms with E-state index in [-0.39, 0.29) is 18.4 Å². The van der Waals surface area contributed by atoms with Gasteiger partial charge in [-0.15, -0.1) is 0 Å². The Morgan fingerprint density at radius 1 is 1.07 bits per heavy atom. The van der Waals surface area contributed by atoms with Crippen LogP contribution in [-0.2, 0) is 28.0 Å². The van der Waals surface area contributed by atoms with Crippen LogP contribution in [-0.4, -0.2) is 35.8 Å². The van der Waals surface area contributed by atoms with Crippen molar-refractivity contribution in [3.8, 4) is 0 Å². The second-order valence-electron chi connectivity index (χ2n) is 7.32. The van der Waals surface area contributed by atoms with Crippen molar-refractivity contribution in [2.24, 2.45) is 0 Å². The van der Waals surface area contributed by atoms with Crippen LogP contribution in [0.25, 0.3) is 0 Å². The van der Waals surface area contributed by atoms with Gasteiger partial charge in [0, 0.05) is 6.54 Å².